The lowest BCUT2D eigenvalue weighted by molar-refractivity contribution is 0.467. The van der Waals surface area contributed by atoms with Gasteiger partial charge in [-0.2, -0.15) is 4.98 Å². The molecule has 0 amide bonds. The zero-order chi connectivity index (χ0) is 22.2. The van der Waals surface area contributed by atoms with Gasteiger partial charge in [0.1, 0.15) is 16.2 Å². The molecule has 6 aromatic rings. The molecule has 7 heteroatoms. The Kier molecular flexibility index (Phi) is 4.66. The van der Waals surface area contributed by atoms with Crippen LogP contribution in [0.4, 0.5) is 0 Å². The molecule has 2 aromatic carbocycles. The minimum absolute atomic E-state index is 0.410. The summed E-state index contributed by atoms with van der Waals surface area (Å²) in [6.45, 7) is 0. The van der Waals surface area contributed by atoms with Gasteiger partial charge in [-0.25, -0.2) is 9.78 Å². The number of benzene rings is 2. The summed E-state index contributed by atoms with van der Waals surface area (Å²) in [6, 6.07) is 22.3. The maximum atomic E-state index is 11.7. The molecule has 0 aliphatic heterocycles. The summed E-state index contributed by atoms with van der Waals surface area (Å²) >= 11 is 1.54. The van der Waals surface area contributed by atoms with Crippen molar-refractivity contribution < 1.29 is 9.15 Å². The lowest BCUT2D eigenvalue weighted by Gasteiger charge is -2.10. The second-order valence-corrected chi connectivity index (χ2v) is 8.20. The third-order valence-electron chi connectivity index (χ3n) is 5.21. The van der Waals surface area contributed by atoms with Crippen LogP contribution in [0.15, 0.2) is 99.8 Å². The Labute approximate surface area is 191 Å². The lowest BCUT2D eigenvalue weighted by Crippen LogP contribution is -1.97. The van der Waals surface area contributed by atoms with Crippen LogP contribution in [0.25, 0.3) is 43.7 Å². The van der Waals surface area contributed by atoms with Gasteiger partial charge in [-0.3, -0.25) is 4.98 Å². The summed E-state index contributed by atoms with van der Waals surface area (Å²) in [5.74, 6) is 1.47. The molecule has 0 saturated carbocycles. The van der Waals surface area contributed by atoms with E-state index in [-0.39, 0.29) is 0 Å². The van der Waals surface area contributed by atoms with Gasteiger partial charge in [-0.1, -0.05) is 30.3 Å². The van der Waals surface area contributed by atoms with Crippen LogP contribution >= 0.6 is 11.3 Å². The minimum Gasteiger partial charge on any atom is -0.438 e. The van der Waals surface area contributed by atoms with Crippen molar-refractivity contribution in [2.75, 3.05) is 0 Å². The fourth-order valence-electron chi connectivity index (χ4n) is 3.65. The number of nitrogens with zero attached hydrogens (tertiary/aromatic N) is 3. The zero-order valence-electron chi connectivity index (χ0n) is 17.1. The third kappa shape index (κ3) is 3.64. The molecular formula is C26H15N3O3S. The summed E-state index contributed by atoms with van der Waals surface area (Å²) in [5.41, 5.74) is 2.88. The maximum Gasteiger partial charge on any atom is 0.336 e. The lowest BCUT2D eigenvalue weighted by atomic mass is 10.1. The highest BCUT2D eigenvalue weighted by Gasteiger charge is 2.18. The highest BCUT2D eigenvalue weighted by molar-refractivity contribution is 7.17. The average molecular weight is 449 g/mol. The largest absolute Gasteiger partial charge is 0.438 e. The maximum absolute atomic E-state index is 11.7. The van der Waals surface area contributed by atoms with Gasteiger partial charge in [0.25, 0.3) is 0 Å². The van der Waals surface area contributed by atoms with Crippen LogP contribution in [0.3, 0.4) is 0 Å². The number of thiophene rings is 1. The fourth-order valence-corrected chi connectivity index (χ4v) is 4.59. The molecule has 0 atom stereocenters. The van der Waals surface area contributed by atoms with E-state index in [2.05, 4.69) is 10.4 Å². The Morgan fingerprint density at radius 3 is 2.58 bits per heavy atom. The van der Waals surface area contributed by atoms with Crippen molar-refractivity contribution in [1.29, 1.82) is 0 Å². The Hall–Kier alpha value is -4.36. The van der Waals surface area contributed by atoms with Crippen molar-refractivity contribution in [3.63, 3.8) is 0 Å². The Morgan fingerprint density at radius 1 is 0.879 bits per heavy atom. The first-order valence-corrected chi connectivity index (χ1v) is 11.1. The quantitative estimate of drug-likeness (QED) is 0.293. The Bertz CT molecular complexity index is 1660. The summed E-state index contributed by atoms with van der Waals surface area (Å²) in [6.07, 6.45) is 3.43. The van der Waals surface area contributed by atoms with Crippen molar-refractivity contribution >= 4 is 32.5 Å². The molecule has 0 bridgehead atoms. The molecular weight excluding hydrogens is 434 g/mol. The molecule has 0 aliphatic carbocycles. The van der Waals surface area contributed by atoms with Gasteiger partial charge in [0.15, 0.2) is 5.82 Å². The first-order valence-electron chi connectivity index (χ1n) is 10.2. The molecule has 6 rings (SSSR count). The van der Waals surface area contributed by atoms with Crippen molar-refractivity contribution in [2.24, 2.45) is 0 Å². The fraction of sp³-hybridized carbons (Fsp3) is 0. The number of rotatable bonds is 4. The van der Waals surface area contributed by atoms with Gasteiger partial charge in [-0.05, 0) is 35.9 Å². The predicted molar refractivity (Wildman–Crippen MR) is 129 cm³/mol. The molecule has 0 aliphatic rings. The van der Waals surface area contributed by atoms with E-state index in [4.69, 9.17) is 19.1 Å². The van der Waals surface area contributed by atoms with E-state index in [1.54, 1.807) is 24.5 Å². The van der Waals surface area contributed by atoms with E-state index in [1.807, 2.05) is 54.6 Å². The van der Waals surface area contributed by atoms with Crippen LogP contribution in [0.5, 0.6) is 11.6 Å². The van der Waals surface area contributed by atoms with Gasteiger partial charge in [0.2, 0.25) is 5.88 Å². The van der Waals surface area contributed by atoms with Crippen LogP contribution in [0.1, 0.15) is 0 Å². The van der Waals surface area contributed by atoms with Gasteiger partial charge in [-0.15, -0.1) is 11.3 Å². The van der Waals surface area contributed by atoms with Gasteiger partial charge < -0.3 is 9.15 Å². The van der Waals surface area contributed by atoms with Crippen molar-refractivity contribution in [2.45, 2.75) is 0 Å². The summed E-state index contributed by atoms with van der Waals surface area (Å²) in [4.78, 5) is 26.2. The number of fused-ring (bicyclic) bond motifs is 2. The summed E-state index contributed by atoms with van der Waals surface area (Å²) in [5, 5.41) is 3.70. The molecule has 0 saturated heterocycles. The van der Waals surface area contributed by atoms with E-state index in [1.165, 1.54) is 17.4 Å². The molecule has 4 aromatic heterocycles. The molecule has 0 unspecified atom stereocenters. The molecule has 33 heavy (non-hydrogen) atoms. The minimum atomic E-state index is -0.410. The second-order valence-electron chi connectivity index (χ2n) is 7.35. The molecule has 6 nitrogen and oxygen atoms in total. The number of hydrogen-bond donors (Lipinski definition) is 0. The van der Waals surface area contributed by atoms with Crippen LogP contribution in [-0.4, -0.2) is 15.0 Å². The SMILES string of the molecule is O=c1ccc2ccc(Oc3nc(-c4cccnc4)nc4scc(-c5ccccc5)c34)cc2o1. The van der Waals surface area contributed by atoms with Crippen LogP contribution in [0.2, 0.25) is 0 Å². The standard InChI is InChI=1S/C26H15N3O3S/c30-22-11-9-17-8-10-19(13-21(17)32-22)31-25-23-20(16-5-2-1-3-6-16)15-33-26(23)29-24(28-25)18-7-4-12-27-14-18/h1-15H. The van der Waals surface area contributed by atoms with E-state index in [9.17, 15) is 4.79 Å². The van der Waals surface area contributed by atoms with Crippen molar-refractivity contribution in [3.8, 4) is 34.1 Å². The smallest absolute Gasteiger partial charge is 0.336 e. The van der Waals surface area contributed by atoms with Gasteiger partial charge >= 0.3 is 5.63 Å². The van der Waals surface area contributed by atoms with Gasteiger partial charge in [0.05, 0.1) is 5.39 Å². The van der Waals surface area contributed by atoms with Crippen LogP contribution in [-0.2, 0) is 0 Å². The van der Waals surface area contributed by atoms with Crippen LogP contribution in [0, 0.1) is 0 Å². The molecule has 4 heterocycles. The summed E-state index contributed by atoms with van der Waals surface area (Å²) in [7, 11) is 0. The molecule has 0 spiro atoms. The van der Waals surface area contributed by atoms with Gasteiger partial charge in [0, 0.05) is 46.4 Å². The second kappa shape index (κ2) is 7.96. The third-order valence-corrected chi connectivity index (χ3v) is 6.09. The first kappa shape index (κ1) is 19.3. The predicted octanol–water partition coefficient (Wildman–Crippen LogP) is 6.32. The highest BCUT2D eigenvalue weighted by Crippen LogP contribution is 2.40. The van der Waals surface area contributed by atoms with E-state index >= 15 is 0 Å². The van der Waals surface area contributed by atoms with Crippen molar-refractivity contribution in [1.82, 2.24) is 15.0 Å². The van der Waals surface area contributed by atoms with E-state index in [0.717, 1.165) is 32.3 Å². The van der Waals surface area contributed by atoms with Crippen LogP contribution < -0.4 is 10.4 Å². The molecule has 0 fully saturated rings. The highest BCUT2D eigenvalue weighted by atomic mass is 32.1. The monoisotopic (exact) mass is 449 g/mol. The average Bonchev–Trinajstić information content (AvgIpc) is 3.29. The number of hydrogen-bond acceptors (Lipinski definition) is 7. The van der Waals surface area contributed by atoms with E-state index < -0.39 is 5.63 Å². The number of aromatic nitrogens is 3. The first-order chi connectivity index (χ1) is 16.2. The molecule has 0 radical (unpaired) electrons. The molecule has 158 valence electrons. The zero-order valence-corrected chi connectivity index (χ0v) is 18.0. The topological polar surface area (TPSA) is 78.1 Å². The van der Waals surface area contributed by atoms with Crippen molar-refractivity contribution in [3.05, 3.63) is 101 Å². The molecule has 0 N–H and O–H groups in total. The van der Waals surface area contributed by atoms with E-state index in [0.29, 0.717) is 23.0 Å². The number of ether oxygens (including phenoxy) is 1. The Morgan fingerprint density at radius 2 is 1.73 bits per heavy atom. The summed E-state index contributed by atoms with van der Waals surface area (Å²) < 4.78 is 11.6. The number of pyridine rings is 1. The Balaban J connectivity index is 1.55. The normalized spacial score (nSPS) is 11.2.